The SMILES string of the molecule is Fc1ccc2c(-c3ccc(NC4CCCCCC4)nc3)c[nH]c2c1. The predicted molar refractivity (Wildman–Crippen MR) is 96.6 cm³/mol. The lowest BCUT2D eigenvalue weighted by molar-refractivity contribution is 0.618. The van der Waals surface area contributed by atoms with Gasteiger partial charge in [-0.2, -0.15) is 0 Å². The quantitative estimate of drug-likeness (QED) is 0.624. The van der Waals surface area contributed by atoms with E-state index in [1.54, 1.807) is 0 Å². The van der Waals surface area contributed by atoms with Crippen LogP contribution in [0.15, 0.2) is 42.7 Å². The van der Waals surface area contributed by atoms with Crippen LogP contribution in [0.4, 0.5) is 10.2 Å². The number of benzene rings is 1. The van der Waals surface area contributed by atoms with Crippen molar-refractivity contribution in [1.29, 1.82) is 0 Å². The highest BCUT2D eigenvalue weighted by Crippen LogP contribution is 2.29. The van der Waals surface area contributed by atoms with Crippen LogP contribution in [0.2, 0.25) is 0 Å². The van der Waals surface area contributed by atoms with Gasteiger partial charge in [-0.05, 0) is 43.2 Å². The van der Waals surface area contributed by atoms with E-state index < -0.39 is 0 Å². The van der Waals surface area contributed by atoms with E-state index in [-0.39, 0.29) is 5.82 Å². The molecule has 1 saturated carbocycles. The van der Waals surface area contributed by atoms with E-state index in [0.717, 1.165) is 27.8 Å². The highest BCUT2D eigenvalue weighted by Gasteiger charge is 2.13. The maximum atomic E-state index is 13.3. The topological polar surface area (TPSA) is 40.7 Å². The van der Waals surface area contributed by atoms with E-state index in [1.807, 2.05) is 24.5 Å². The highest BCUT2D eigenvalue weighted by atomic mass is 19.1. The Kier molecular flexibility index (Phi) is 4.20. The van der Waals surface area contributed by atoms with Crippen molar-refractivity contribution in [3.63, 3.8) is 0 Å². The number of nitrogens with zero attached hydrogens (tertiary/aromatic N) is 1. The van der Waals surface area contributed by atoms with Crippen molar-refractivity contribution >= 4 is 16.7 Å². The third-order valence-corrected chi connectivity index (χ3v) is 4.93. The fraction of sp³-hybridized carbons (Fsp3) is 0.350. The molecule has 1 aromatic carbocycles. The largest absolute Gasteiger partial charge is 0.367 e. The number of aromatic amines is 1. The number of rotatable bonds is 3. The summed E-state index contributed by atoms with van der Waals surface area (Å²) < 4.78 is 13.3. The van der Waals surface area contributed by atoms with Gasteiger partial charge in [-0.15, -0.1) is 0 Å². The monoisotopic (exact) mass is 323 g/mol. The van der Waals surface area contributed by atoms with E-state index in [4.69, 9.17) is 0 Å². The molecular weight excluding hydrogens is 301 g/mol. The minimum absolute atomic E-state index is 0.225. The van der Waals surface area contributed by atoms with Crippen LogP contribution >= 0.6 is 0 Å². The number of pyridine rings is 1. The number of aromatic nitrogens is 2. The van der Waals surface area contributed by atoms with Crippen molar-refractivity contribution in [1.82, 2.24) is 9.97 Å². The number of nitrogens with one attached hydrogen (secondary N) is 2. The van der Waals surface area contributed by atoms with Gasteiger partial charge in [0.25, 0.3) is 0 Å². The van der Waals surface area contributed by atoms with Crippen LogP contribution in [0.5, 0.6) is 0 Å². The Balaban J connectivity index is 1.54. The number of H-pyrrole nitrogens is 1. The van der Waals surface area contributed by atoms with Crippen LogP contribution in [-0.2, 0) is 0 Å². The van der Waals surface area contributed by atoms with Gasteiger partial charge in [0.15, 0.2) is 0 Å². The number of hydrogen-bond donors (Lipinski definition) is 2. The zero-order valence-electron chi connectivity index (χ0n) is 13.7. The standard InChI is InChI=1S/C20H22FN3/c21-15-8-9-17-18(13-22-19(17)11-15)14-7-10-20(23-12-14)24-16-5-3-1-2-4-6-16/h7-13,16,22H,1-6H2,(H,23,24). The summed E-state index contributed by atoms with van der Waals surface area (Å²) in [7, 11) is 0. The van der Waals surface area contributed by atoms with Crippen molar-refractivity contribution in [3.8, 4) is 11.1 Å². The molecule has 0 aliphatic heterocycles. The van der Waals surface area contributed by atoms with Crippen LogP contribution in [0, 0.1) is 5.82 Å². The third-order valence-electron chi connectivity index (χ3n) is 4.93. The first kappa shape index (κ1) is 15.2. The van der Waals surface area contributed by atoms with Crippen LogP contribution < -0.4 is 5.32 Å². The molecular formula is C20H22FN3. The first-order valence-electron chi connectivity index (χ1n) is 8.79. The molecule has 0 amide bonds. The lowest BCUT2D eigenvalue weighted by Gasteiger charge is -2.16. The van der Waals surface area contributed by atoms with Crippen molar-refractivity contribution in [2.45, 2.75) is 44.6 Å². The first-order valence-corrected chi connectivity index (χ1v) is 8.79. The molecule has 1 fully saturated rings. The maximum Gasteiger partial charge on any atom is 0.126 e. The molecule has 2 N–H and O–H groups in total. The number of halogens is 1. The molecule has 0 spiro atoms. The summed E-state index contributed by atoms with van der Waals surface area (Å²) in [5.74, 6) is 0.716. The molecule has 1 aliphatic carbocycles. The Morgan fingerprint density at radius 2 is 1.88 bits per heavy atom. The second-order valence-electron chi connectivity index (χ2n) is 6.66. The number of anilines is 1. The van der Waals surface area contributed by atoms with Crippen molar-refractivity contribution in [3.05, 3.63) is 48.5 Å². The Morgan fingerprint density at radius 3 is 2.62 bits per heavy atom. The lowest BCUT2D eigenvalue weighted by Crippen LogP contribution is -2.18. The summed E-state index contributed by atoms with van der Waals surface area (Å²) in [6, 6.07) is 9.50. The molecule has 4 heteroatoms. The average Bonchev–Trinajstić information content (AvgIpc) is 2.83. The van der Waals surface area contributed by atoms with E-state index in [1.165, 1.54) is 50.7 Å². The van der Waals surface area contributed by atoms with Crippen molar-refractivity contribution in [2.75, 3.05) is 5.32 Å². The Hall–Kier alpha value is -2.36. The zero-order valence-corrected chi connectivity index (χ0v) is 13.7. The van der Waals surface area contributed by atoms with Gasteiger partial charge in [0.2, 0.25) is 0 Å². The molecule has 124 valence electrons. The molecule has 0 radical (unpaired) electrons. The summed E-state index contributed by atoms with van der Waals surface area (Å²) in [6.07, 6.45) is 11.6. The van der Waals surface area contributed by atoms with E-state index in [0.29, 0.717) is 6.04 Å². The number of hydrogen-bond acceptors (Lipinski definition) is 2. The normalized spacial score (nSPS) is 16.2. The second kappa shape index (κ2) is 6.63. The van der Waals surface area contributed by atoms with Gasteiger partial charge in [0, 0.05) is 40.5 Å². The molecule has 1 aliphatic rings. The molecule has 4 rings (SSSR count). The summed E-state index contributed by atoms with van der Waals surface area (Å²) in [4.78, 5) is 7.72. The zero-order chi connectivity index (χ0) is 16.4. The van der Waals surface area contributed by atoms with Crippen LogP contribution in [0.25, 0.3) is 22.0 Å². The Bertz CT molecular complexity index is 815. The summed E-state index contributed by atoms with van der Waals surface area (Å²) >= 11 is 0. The minimum atomic E-state index is -0.225. The minimum Gasteiger partial charge on any atom is -0.367 e. The average molecular weight is 323 g/mol. The van der Waals surface area contributed by atoms with Crippen LogP contribution in [0.1, 0.15) is 38.5 Å². The fourth-order valence-electron chi connectivity index (χ4n) is 3.61. The van der Waals surface area contributed by atoms with E-state index >= 15 is 0 Å². The van der Waals surface area contributed by atoms with Gasteiger partial charge in [-0.1, -0.05) is 25.7 Å². The van der Waals surface area contributed by atoms with Crippen LogP contribution in [0.3, 0.4) is 0 Å². The molecule has 0 saturated heterocycles. The third kappa shape index (κ3) is 3.14. The lowest BCUT2D eigenvalue weighted by atomic mass is 10.1. The molecule has 3 nitrogen and oxygen atoms in total. The van der Waals surface area contributed by atoms with E-state index in [9.17, 15) is 4.39 Å². The molecule has 2 heterocycles. The smallest absolute Gasteiger partial charge is 0.126 e. The molecule has 3 aromatic rings. The summed E-state index contributed by atoms with van der Waals surface area (Å²) in [5, 5.41) is 4.59. The molecule has 0 bridgehead atoms. The van der Waals surface area contributed by atoms with Gasteiger partial charge in [0.05, 0.1) is 0 Å². The molecule has 2 aromatic heterocycles. The fourth-order valence-corrected chi connectivity index (χ4v) is 3.61. The van der Waals surface area contributed by atoms with Gasteiger partial charge in [-0.3, -0.25) is 0 Å². The molecule has 24 heavy (non-hydrogen) atoms. The van der Waals surface area contributed by atoms with Gasteiger partial charge < -0.3 is 10.3 Å². The van der Waals surface area contributed by atoms with Crippen LogP contribution in [-0.4, -0.2) is 16.0 Å². The van der Waals surface area contributed by atoms with Crippen molar-refractivity contribution in [2.24, 2.45) is 0 Å². The predicted octanol–water partition coefficient (Wildman–Crippen LogP) is 5.50. The second-order valence-corrected chi connectivity index (χ2v) is 6.66. The molecule has 0 atom stereocenters. The summed E-state index contributed by atoms with van der Waals surface area (Å²) in [5.41, 5.74) is 2.91. The first-order chi connectivity index (χ1) is 11.8. The van der Waals surface area contributed by atoms with Gasteiger partial charge in [0.1, 0.15) is 11.6 Å². The molecule has 0 unspecified atom stereocenters. The Morgan fingerprint density at radius 1 is 1.04 bits per heavy atom. The number of fused-ring (bicyclic) bond motifs is 1. The summed E-state index contributed by atoms with van der Waals surface area (Å²) in [6.45, 7) is 0. The highest BCUT2D eigenvalue weighted by molar-refractivity contribution is 5.95. The van der Waals surface area contributed by atoms with Gasteiger partial charge >= 0.3 is 0 Å². The maximum absolute atomic E-state index is 13.3. The Labute approximate surface area is 141 Å². The van der Waals surface area contributed by atoms with Gasteiger partial charge in [-0.25, -0.2) is 9.37 Å². The van der Waals surface area contributed by atoms with Crippen molar-refractivity contribution < 1.29 is 4.39 Å². The van der Waals surface area contributed by atoms with E-state index in [2.05, 4.69) is 21.4 Å².